The first-order valence-electron chi connectivity index (χ1n) is 6.98. The van der Waals surface area contributed by atoms with Crippen LogP contribution in [0.5, 0.6) is 0 Å². The van der Waals surface area contributed by atoms with Crippen LogP contribution in [0.25, 0.3) is 0 Å². The number of rotatable bonds is 4. The Morgan fingerprint density at radius 2 is 2.45 bits per heavy atom. The first-order chi connectivity index (χ1) is 9.75. The summed E-state index contributed by atoms with van der Waals surface area (Å²) < 4.78 is 1.82. The fourth-order valence-electron chi connectivity index (χ4n) is 2.58. The number of fused-ring (bicyclic) bond motifs is 1. The molecular formula is C14H18N4OS. The molecule has 0 spiro atoms. The number of aryl methyl sites for hydroxylation is 2. The smallest absolute Gasteiger partial charge is 0.230 e. The minimum atomic E-state index is 0.156. The molecule has 0 radical (unpaired) electrons. The van der Waals surface area contributed by atoms with Crippen LogP contribution in [0.1, 0.15) is 31.1 Å². The number of aromatic nitrogens is 3. The van der Waals surface area contributed by atoms with Crippen molar-refractivity contribution in [3.63, 3.8) is 0 Å². The molecule has 0 saturated heterocycles. The van der Waals surface area contributed by atoms with Crippen molar-refractivity contribution in [2.45, 2.75) is 45.2 Å². The third kappa shape index (κ3) is 2.60. The molecule has 3 rings (SSSR count). The minimum Gasteiger partial charge on any atom is -0.278 e. The molecule has 0 N–H and O–H groups in total. The molecule has 2 aromatic heterocycles. The van der Waals surface area contributed by atoms with Crippen LogP contribution >= 0.6 is 11.3 Å². The Labute approximate surface area is 122 Å². The Bertz CT molecular complexity index is 578. The number of hydrogen-bond donors (Lipinski definition) is 0. The van der Waals surface area contributed by atoms with Gasteiger partial charge in [0.2, 0.25) is 11.9 Å². The van der Waals surface area contributed by atoms with Crippen LogP contribution in [0.2, 0.25) is 0 Å². The Morgan fingerprint density at radius 3 is 3.25 bits per heavy atom. The van der Waals surface area contributed by atoms with Gasteiger partial charge in [0.15, 0.2) is 0 Å². The van der Waals surface area contributed by atoms with E-state index in [0.717, 1.165) is 25.8 Å². The molecule has 5 nitrogen and oxygen atoms in total. The fraction of sp³-hybridized carbons (Fsp3) is 0.500. The van der Waals surface area contributed by atoms with Crippen LogP contribution in [0.3, 0.4) is 0 Å². The van der Waals surface area contributed by atoms with Gasteiger partial charge in [0.05, 0.1) is 0 Å². The van der Waals surface area contributed by atoms with E-state index in [1.54, 1.807) is 11.3 Å². The molecule has 0 fully saturated rings. The zero-order chi connectivity index (χ0) is 13.9. The molecule has 0 bridgehead atoms. The molecule has 106 valence electrons. The van der Waals surface area contributed by atoms with E-state index in [2.05, 4.69) is 34.5 Å². The highest BCUT2D eigenvalue weighted by atomic mass is 32.1. The van der Waals surface area contributed by atoms with Crippen LogP contribution in [0.15, 0.2) is 23.8 Å². The van der Waals surface area contributed by atoms with E-state index in [4.69, 9.17) is 0 Å². The number of carbonyl (C=O) groups excluding carboxylic acids is 1. The maximum absolute atomic E-state index is 12.4. The average Bonchev–Trinajstić information content (AvgIpc) is 3.08. The molecule has 1 unspecified atom stereocenters. The summed E-state index contributed by atoms with van der Waals surface area (Å²) in [6.45, 7) is 2.92. The van der Waals surface area contributed by atoms with Crippen LogP contribution in [0.4, 0.5) is 5.95 Å². The van der Waals surface area contributed by atoms with Gasteiger partial charge in [-0.05, 0) is 37.6 Å². The lowest BCUT2D eigenvalue weighted by Gasteiger charge is -2.32. The largest absolute Gasteiger partial charge is 0.278 e. The quantitative estimate of drug-likeness (QED) is 0.869. The molecule has 0 aromatic carbocycles. The van der Waals surface area contributed by atoms with Gasteiger partial charge in [-0.25, -0.2) is 4.68 Å². The highest BCUT2D eigenvalue weighted by molar-refractivity contribution is 7.09. The standard InChI is InChI=1S/C14H18N4OS/c1-11-7-8-17-14(15-10-16-17)18(11)13(19)6-2-4-12-5-3-9-20-12/h3,5,9-11H,2,4,6-8H2,1H3. The van der Waals surface area contributed by atoms with Gasteiger partial charge < -0.3 is 0 Å². The van der Waals surface area contributed by atoms with Crippen molar-refractivity contribution in [3.05, 3.63) is 28.7 Å². The van der Waals surface area contributed by atoms with Crippen molar-refractivity contribution < 1.29 is 4.79 Å². The Morgan fingerprint density at radius 1 is 1.55 bits per heavy atom. The van der Waals surface area contributed by atoms with Gasteiger partial charge in [-0.2, -0.15) is 10.1 Å². The monoisotopic (exact) mass is 290 g/mol. The molecule has 1 aliphatic rings. The lowest BCUT2D eigenvalue weighted by Crippen LogP contribution is -2.44. The zero-order valence-electron chi connectivity index (χ0n) is 11.5. The molecule has 20 heavy (non-hydrogen) atoms. The SMILES string of the molecule is CC1CCn2ncnc2N1C(=O)CCCc1cccs1. The Kier molecular flexibility index (Phi) is 3.82. The molecule has 2 aromatic rings. The molecule has 0 aliphatic carbocycles. The number of thiophene rings is 1. The number of nitrogens with zero attached hydrogens (tertiary/aromatic N) is 4. The highest BCUT2D eigenvalue weighted by Crippen LogP contribution is 2.23. The van der Waals surface area contributed by atoms with Crippen molar-refractivity contribution in [1.29, 1.82) is 0 Å². The molecule has 1 atom stereocenters. The summed E-state index contributed by atoms with van der Waals surface area (Å²) in [4.78, 5) is 19.8. The van der Waals surface area contributed by atoms with Gasteiger partial charge >= 0.3 is 0 Å². The van der Waals surface area contributed by atoms with E-state index >= 15 is 0 Å². The molecule has 6 heteroatoms. The molecular weight excluding hydrogens is 272 g/mol. The van der Waals surface area contributed by atoms with Crippen molar-refractivity contribution in [2.75, 3.05) is 4.90 Å². The summed E-state index contributed by atoms with van der Waals surface area (Å²) in [5.74, 6) is 0.855. The van der Waals surface area contributed by atoms with E-state index in [0.29, 0.717) is 12.4 Å². The molecule has 1 amide bonds. The highest BCUT2D eigenvalue weighted by Gasteiger charge is 2.29. The predicted octanol–water partition coefficient (Wildman–Crippen LogP) is 2.49. The molecule has 1 aliphatic heterocycles. The molecule has 0 saturated carbocycles. The minimum absolute atomic E-state index is 0.156. The normalized spacial score (nSPS) is 18.1. The van der Waals surface area contributed by atoms with Crippen molar-refractivity contribution in [1.82, 2.24) is 14.8 Å². The summed E-state index contributed by atoms with van der Waals surface area (Å²) in [5.41, 5.74) is 0. The van der Waals surface area contributed by atoms with Crippen LogP contribution in [-0.4, -0.2) is 26.7 Å². The number of hydrogen-bond acceptors (Lipinski definition) is 4. The lowest BCUT2D eigenvalue weighted by molar-refractivity contribution is -0.119. The number of anilines is 1. The first kappa shape index (κ1) is 13.3. The second-order valence-electron chi connectivity index (χ2n) is 5.12. The van der Waals surface area contributed by atoms with Gasteiger partial charge in [-0.15, -0.1) is 11.3 Å². The van der Waals surface area contributed by atoms with Crippen molar-refractivity contribution in [3.8, 4) is 0 Å². The van der Waals surface area contributed by atoms with E-state index in [-0.39, 0.29) is 11.9 Å². The number of carbonyl (C=O) groups is 1. The summed E-state index contributed by atoms with van der Waals surface area (Å²) >= 11 is 1.75. The zero-order valence-corrected chi connectivity index (χ0v) is 12.3. The first-order valence-corrected chi connectivity index (χ1v) is 7.86. The van der Waals surface area contributed by atoms with Crippen LogP contribution in [-0.2, 0) is 17.8 Å². The van der Waals surface area contributed by atoms with Crippen molar-refractivity contribution >= 4 is 23.2 Å². The number of amides is 1. The summed E-state index contributed by atoms with van der Waals surface area (Å²) in [6.07, 6.45) is 4.89. The summed E-state index contributed by atoms with van der Waals surface area (Å²) in [5, 5.41) is 6.23. The van der Waals surface area contributed by atoms with Crippen molar-refractivity contribution in [2.24, 2.45) is 0 Å². The van der Waals surface area contributed by atoms with E-state index in [1.165, 1.54) is 11.2 Å². The van der Waals surface area contributed by atoms with Crippen LogP contribution < -0.4 is 4.90 Å². The lowest BCUT2D eigenvalue weighted by atomic mass is 10.1. The third-order valence-electron chi connectivity index (χ3n) is 3.67. The third-order valence-corrected chi connectivity index (χ3v) is 4.61. The molecule has 3 heterocycles. The summed E-state index contributed by atoms with van der Waals surface area (Å²) in [7, 11) is 0. The van der Waals surface area contributed by atoms with E-state index in [1.807, 2.05) is 9.58 Å². The van der Waals surface area contributed by atoms with Gasteiger partial charge in [-0.1, -0.05) is 6.07 Å². The fourth-order valence-corrected chi connectivity index (χ4v) is 3.34. The second-order valence-corrected chi connectivity index (χ2v) is 6.15. The average molecular weight is 290 g/mol. The van der Waals surface area contributed by atoms with Gasteiger partial charge in [0.1, 0.15) is 6.33 Å². The maximum atomic E-state index is 12.4. The van der Waals surface area contributed by atoms with E-state index < -0.39 is 0 Å². The second kappa shape index (κ2) is 5.75. The van der Waals surface area contributed by atoms with Crippen LogP contribution in [0, 0.1) is 0 Å². The van der Waals surface area contributed by atoms with Gasteiger partial charge in [0.25, 0.3) is 0 Å². The van der Waals surface area contributed by atoms with Gasteiger partial charge in [0, 0.05) is 23.9 Å². The van der Waals surface area contributed by atoms with E-state index in [9.17, 15) is 4.79 Å². The van der Waals surface area contributed by atoms with Gasteiger partial charge in [-0.3, -0.25) is 9.69 Å². The Hall–Kier alpha value is -1.69. The predicted molar refractivity (Wildman–Crippen MR) is 78.8 cm³/mol. The summed E-state index contributed by atoms with van der Waals surface area (Å²) in [6, 6.07) is 4.38. The maximum Gasteiger partial charge on any atom is 0.230 e. The Balaban J connectivity index is 1.62. The topological polar surface area (TPSA) is 51.0 Å².